The van der Waals surface area contributed by atoms with Crippen LogP contribution in [0, 0.1) is 0 Å². The Morgan fingerprint density at radius 3 is 2.89 bits per heavy atom. The highest BCUT2D eigenvalue weighted by atomic mass is 16.5. The van der Waals surface area contributed by atoms with E-state index in [1.807, 2.05) is 0 Å². The Hall–Kier alpha value is -1.02. The minimum atomic E-state index is 0.139. The first-order chi connectivity index (χ1) is 8.83. The highest BCUT2D eigenvalue weighted by Crippen LogP contribution is 2.34. The minimum Gasteiger partial charge on any atom is -0.493 e. The first-order valence-electron chi connectivity index (χ1n) is 7.33. The van der Waals surface area contributed by atoms with Gasteiger partial charge in [0.2, 0.25) is 0 Å². The van der Waals surface area contributed by atoms with Crippen molar-refractivity contribution in [2.24, 2.45) is 5.73 Å². The van der Waals surface area contributed by atoms with Crippen LogP contribution in [-0.4, -0.2) is 6.61 Å². The predicted molar refractivity (Wildman–Crippen MR) is 75.9 cm³/mol. The molecule has 0 saturated carbocycles. The number of hydrogen-bond acceptors (Lipinski definition) is 2. The highest BCUT2D eigenvalue weighted by Gasteiger charge is 2.19. The summed E-state index contributed by atoms with van der Waals surface area (Å²) in [7, 11) is 0. The number of ether oxygens (including phenoxy) is 1. The van der Waals surface area contributed by atoms with Gasteiger partial charge in [0.05, 0.1) is 6.61 Å². The van der Waals surface area contributed by atoms with Gasteiger partial charge in [-0.25, -0.2) is 0 Å². The van der Waals surface area contributed by atoms with E-state index in [4.69, 9.17) is 10.5 Å². The first kappa shape index (κ1) is 13.4. The third-order valence-electron chi connectivity index (χ3n) is 3.76. The number of unbranched alkanes of at least 4 members (excludes halogenated alkanes) is 4. The molecule has 2 nitrogen and oxygen atoms in total. The summed E-state index contributed by atoms with van der Waals surface area (Å²) < 4.78 is 5.72. The molecule has 1 aliphatic heterocycles. The lowest BCUT2D eigenvalue weighted by atomic mass is 9.97. The maximum atomic E-state index is 6.30. The van der Waals surface area contributed by atoms with Crippen molar-refractivity contribution < 1.29 is 4.74 Å². The van der Waals surface area contributed by atoms with E-state index in [1.54, 1.807) is 0 Å². The van der Waals surface area contributed by atoms with Crippen LogP contribution in [0.5, 0.6) is 5.75 Å². The Kier molecular flexibility index (Phi) is 5.06. The maximum absolute atomic E-state index is 6.30. The zero-order valence-corrected chi connectivity index (χ0v) is 11.5. The zero-order valence-electron chi connectivity index (χ0n) is 11.5. The van der Waals surface area contributed by atoms with Crippen molar-refractivity contribution in [3.63, 3.8) is 0 Å². The molecule has 0 bridgehead atoms. The lowest BCUT2D eigenvalue weighted by Gasteiger charge is -2.15. The fraction of sp³-hybridized carbons (Fsp3) is 0.625. The average molecular weight is 247 g/mol. The summed E-state index contributed by atoms with van der Waals surface area (Å²) in [6, 6.07) is 6.53. The van der Waals surface area contributed by atoms with Gasteiger partial charge in [-0.15, -0.1) is 0 Å². The standard InChI is InChI=1S/C16H25NO/c1-2-3-4-5-6-10-15(17)14-9-7-8-13-11-12-18-16(13)14/h7-9,15H,2-6,10-12,17H2,1H3. The van der Waals surface area contributed by atoms with Crippen LogP contribution in [0.1, 0.15) is 62.6 Å². The van der Waals surface area contributed by atoms with Gasteiger partial charge in [0.25, 0.3) is 0 Å². The molecule has 2 heteroatoms. The number of para-hydroxylation sites is 1. The van der Waals surface area contributed by atoms with Crippen LogP contribution in [0.25, 0.3) is 0 Å². The zero-order chi connectivity index (χ0) is 12.8. The van der Waals surface area contributed by atoms with Crippen molar-refractivity contribution >= 4 is 0 Å². The van der Waals surface area contributed by atoms with E-state index in [-0.39, 0.29) is 6.04 Å². The minimum absolute atomic E-state index is 0.139. The first-order valence-corrected chi connectivity index (χ1v) is 7.33. The van der Waals surface area contributed by atoms with Crippen LogP contribution in [0.4, 0.5) is 0 Å². The molecule has 0 aliphatic carbocycles. The molecule has 100 valence electrons. The van der Waals surface area contributed by atoms with Crippen LogP contribution in [0.15, 0.2) is 18.2 Å². The molecule has 0 aromatic heterocycles. The molecule has 1 aromatic rings. The summed E-state index contributed by atoms with van der Waals surface area (Å²) in [6.45, 7) is 3.06. The van der Waals surface area contributed by atoms with Gasteiger partial charge in [0, 0.05) is 18.0 Å². The van der Waals surface area contributed by atoms with Crippen LogP contribution in [0.2, 0.25) is 0 Å². The smallest absolute Gasteiger partial charge is 0.127 e. The monoisotopic (exact) mass is 247 g/mol. The van der Waals surface area contributed by atoms with Crippen LogP contribution >= 0.6 is 0 Å². The van der Waals surface area contributed by atoms with Gasteiger partial charge in [-0.05, 0) is 12.0 Å². The quantitative estimate of drug-likeness (QED) is 0.740. The van der Waals surface area contributed by atoms with Gasteiger partial charge < -0.3 is 10.5 Å². The van der Waals surface area contributed by atoms with Gasteiger partial charge in [0.15, 0.2) is 0 Å². The van der Waals surface area contributed by atoms with Crippen molar-refractivity contribution in [2.45, 2.75) is 57.9 Å². The number of benzene rings is 1. The summed E-state index contributed by atoms with van der Waals surface area (Å²) in [5.41, 5.74) is 8.84. The molecule has 0 amide bonds. The van der Waals surface area contributed by atoms with Crippen molar-refractivity contribution in [3.05, 3.63) is 29.3 Å². The second-order valence-electron chi connectivity index (χ2n) is 5.24. The van der Waals surface area contributed by atoms with Crippen LogP contribution in [-0.2, 0) is 6.42 Å². The molecule has 1 unspecified atom stereocenters. The normalized spacial score (nSPS) is 15.2. The van der Waals surface area contributed by atoms with E-state index in [2.05, 4.69) is 25.1 Å². The summed E-state index contributed by atoms with van der Waals surface area (Å²) in [5.74, 6) is 1.07. The molecule has 0 fully saturated rings. The number of hydrogen-bond donors (Lipinski definition) is 1. The fourth-order valence-corrected chi connectivity index (χ4v) is 2.66. The molecule has 1 atom stereocenters. The van der Waals surface area contributed by atoms with Gasteiger partial charge >= 0.3 is 0 Å². The van der Waals surface area contributed by atoms with E-state index in [0.717, 1.165) is 25.2 Å². The van der Waals surface area contributed by atoms with Crippen molar-refractivity contribution in [1.82, 2.24) is 0 Å². The van der Waals surface area contributed by atoms with Crippen molar-refractivity contribution in [2.75, 3.05) is 6.61 Å². The molecular weight excluding hydrogens is 222 g/mol. The summed E-state index contributed by atoms with van der Waals surface area (Å²) >= 11 is 0. The molecule has 2 N–H and O–H groups in total. The molecule has 0 saturated heterocycles. The van der Waals surface area contributed by atoms with Crippen molar-refractivity contribution in [3.8, 4) is 5.75 Å². The summed E-state index contributed by atoms with van der Waals surface area (Å²) in [4.78, 5) is 0. The van der Waals surface area contributed by atoms with E-state index in [1.165, 1.54) is 43.2 Å². The Morgan fingerprint density at radius 1 is 1.22 bits per heavy atom. The van der Waals surface area contributed by atoms with Gasteiger partial charge in [-0.1, -0.05) is 57.2 Å². The molecule has 1 heterocycles. The Bertz CT molecular complexity index is 375. The Labute approximate surface area is 111 Å². The van der Waals surface area contributed by atoms with Crippen LogP contribution in [0.3, 0.4) is 0 Å². The summed E-state index contributed by atoms with van der Waals surface area (Å²) in [6.07, 6.45) is 8.62. The van der Waals surface area contributed by atoms with Gasteiger partial charge in [-0.3, -0.25) is 0 Å². The molecule has 1 aliphatic rings. The average Bonchev–Trinajstić information content (AvgIpc) is 2.86. The number of nitrogens with two attached hydrogens (primary N) is 1. The molecule has 18 heavy (non-hydrogen) atoms. The topological polar surface area (TPSA) is 35.2 Å². The van der Waals surface area contributed by atoms with E-state index < -0.39 is 0 Å². The largest absolute Gasteiger partial charge is 0.493 e. The predicted octanol–water partition coefficient (Wildman–Crippen LogP) is 3.98. The second-order valence-corrected chi connectivity index (χ2v) is 5.24. The number of fused-ring (bicyclic) bond motifs is 1. The maximum Gasteiger partial charge on any atom is 0.127 e. The lowest BCUT2D eigenvalue weighted by molar-refractivity contribution is 0.350. The third-order valence-corrected chi connectivity index (χ3v) is 3.76. The molecular formula is C16H25NO. The van der Waals surface area contributed by atoms with Gasteiger partial charge in [0.1, 0.15) is 5.75 Å². The lowest BCUT2D eigenvalue weighted by Crippen LogP contribution is -2.11. The summed E-state index contributed by atoms with van der Waals surface area (Å²) in [5, 5.41) is 0. The van der Waals surface area contributed by atoms with Crippen molar-refractivity contribution in [1.29, 1.82) is 0 Å². The van der Waals surface area contributed by atoms with Crippen LogP contribution < -0.4 is 10.5 Å². The molecule has 2 rings (SSSR count). The van der Waals surface area contributed by atoms with E-state index in [0.29, 0.717) is 0 Å². The highest BCUT2D eigenvalue weighted by molar-refractivity contribution is 5.45. The fourth-order valence-electron chi connectivity index (χ4n) is 2.66. The molecule has 0 radical (unpaired) electrons. The van der Waals surface area contributed by atoms with E-state index in [9.17, 15) is 0 Å². The Morgan fingerprint density at radius 2 is 2.06 bits per heavy atom. The molecule has 0 spiro atoms. The number of rotatable bonds is 7. The Balaban J connectivity index is 1.85. The van der Waals surface area contributed by atoms with Gasteiger partial charge in [-0.2, -0.15) is 0 Å². The SMILES string of the molecule is CCCCCCCC(N)c1cccc2c1OCC2. The third kappa shape index (κ3) is 3.26. The second kappa shape index (κ2) is 6.79. The molecule has 1 aromatic carbocycles. The van der Waals surface area contributed by atoms with E-state index >= 15 is 0 Å².